The first-order valence-corrected chi connectivity index (χ1v) is 12.8. The second kappa shape index (κ2) is 9.49. The molecule has 1 unspecified atom stereocenters. The number of allylic oxidation sites excluding steroid dienone is 1. The van der Waals surface area contributed by atoms with E-state index in [4.69, 9.17) is 5.41 Å². The summed E-state index contributed by atoms with van der Waals surface area (Å²) in [4.78, 5) is 32.0. The molecule has 3 heterocycles. The van der Waals surface area contributed by atoms with E-state index in [0.717, 1.165) is 29.1 Å². The van der Waals surface area contributed by atoms with Gasteiger partial charge in [0.25, 0.3) is 0 Å². The quantitative estimate of drug-likeness (QED) is 0.685. The van der Waals surface area contributed by atoms with Crippen molar-refractivity contribution in [3.05, 3.63) is 53.0 Å². The summed E-state index contributed by atoms with van der Waals surface area (Å²) in [7, 11) is 5.21. The van der Waals surface area contributed by atoms with Gasteiger partial charge in [-0.3, -0.25) is 15.1 Å². The second-order valence-electron chi connectivity index (χ2n) is 9.88. The predicted octanol–water partition coefficient (Wildman–Crippen LogP) is 3.81. The van der Waals surface area contributed by atoms with Crippen LogP contribution in [0.5, 0.6) is 0 Å². The maximum absolute atomic E-state index is 13.6. The lowest BCUT2D eigenvalue weighted by atomic mass is 9.70. The van der Waals surface area contributed by atoms with Gasteiger partial charge in [-0.1, -0.05) is 43.0 Å². The predicted molar refractivity (Wildman–Crippen MR) is 139 cm³/mol. The number of piperidine rings is 1. The van der Waals surface area contributed by atoms with Crippen LogP contribution in [0.3, 0.4) is 0 Å². The minimum atomic E-state index is -0.644. The van der Waals surface area contributed by atoms with E-state index in [-0.39, 0.29) is 35.7 Å². The molecule has 34 heavy (non-hydrogen) atoms. The van der Waals surface area contributed by atoms with Crippen molar-refractivity contribution in [1.82, 2.24) is 20.0 Å². The lowest BCUT2D eigenvalue weighted by Crippen LogP contribution is -2.68. The van der Waals surface area contributed by atoms with Gasteiger partial charge in [0.05, 0.1) is 11.5 Å². The smallest absolute Gasteiger partial charge is 0.319 e. The number of amides is 3. The molecule has 7 nitrogen and oxygen atoms in total. The van der Waals surface area contributed by atoms with Crippen LogP contribution in [0.2, 0.25) is 0 Å². The molecule has 2 fully saturated rings. The standard InChI is InChI=1S/C26H35N5O2S/c1-6-17-8-7-9-19(14-17)20-15-21(34-16-20)26(2)22(23(32)30(5)24(27)28-26)18-10-12-31(13-11-18)25(33)29(3)4/h6-9,14-15,18,20,22H,1,10-13,16H2,2-5H3,(H2,27,28)/t20?,22-,26+/m0/s1. The zero-order chi connectivity index (χ0) is 24.6. The van der Waals surface area contributed by atoms with E-state index in [9.17, 15) is 9.59 Å². The Hall–Kier alpha value is -2.74. The Labute approximate surface area is 206 Å². The molecule has 0 saturated carbocycles. The van der Waals surface area contributed by atoms with Crippen molar-refractivity contribution in [2.45, 2.75) is 31.2 Å². The van der Waals surface area contributed by atoms with E-state index in [2.05, 4.69) is 43.1 Å². The highest BCUT2D eigenvalue weighted by molar-refractivity contribution is 8.03. The summed E-state index contributed by atoms with van der Waals surface area (Å²) in [6.45, 7) is 7.25. The van der Waals surface area contributed by atoms with Gasteiger partial charge in [-0.25, -0.2) is 4.79 Å². The summed E-state index contributed by atoms with van der Waals surface area (Å²) in [5.41, 5.74) is 1.70. The number of nitrogens with one attached hydrogen (secondary N) is 2. The third-order valence-corrected chi connectivity index (χ3v) is 8.85. The van der Waals surface area contributed by atoms with E-state index in [1.807, 2.05) is 17.0 Å². The Morgan fingerprint density at radius 1 is 1.32 bits per heavy atom. The molecule has 182 valence electrons. The van der Waals surface area contributed by atoms with Crippen LogP contribution < -0.4 is 5.32 Å². The molecule has 3 aliphatic rings. The fourth-order valence-electron chi connectivity index (χ4n) is 5.46. The third-order valence-electron chi connectivity index (χ3n) is 7.45. The van der Waals surface area contributed by atoms with Crippen LogP contribution in [0.15, 0.2) is 41.8 Å². The first kappa shape index (κ1) is 24.4. The van der Waals surface area contributed by atoms with Gasteiger partial charge < -0.3 is 15.1 Å². The van der Waals surface area contributed by atoms with Crippen molar-refractivity contribution in [2.24, 2.45) is 11.8 Å². The van der Waals surface area contributed by atoms with Gasteiger partial charge in [0, 0.05) is 50.8 Å². The number of benzene rings is 1. The summed E-state index contributed by atoms with van der Waals surface area (Å²) in [6.07, 6.45) is 5.69. The summed E-state index contributed by atoms with van der Waals surface area (Å²) in [5.74, 6) is 1.14. The number of hydrogen-bond donors (Lipinski definition) is 2. The maximum Gasteiger partial charge on any atom is 0.319 e. The molecule has 0 bridgehead atoms. The molecular weight excluding hydrogens is 446 g/mol. The molecule has 2 saturated heterocycles. The molecule has 0 radical (unpaired) electrons. The summed E-state index contributed by atoms with van der Waals surface area (Å²) < 4.78 is 0. The lowest BCUT2D eigenvalue weighted by Gasteiger charge is -2.50. The fourth-order valence-corrected chi connectivity index (χ4v) is 6.84. The zero-order valence-corrected chi connectivity index (χ0v) is 21.3. The van der Waals surface area contributed by atoms with Crippen LogP contribution in [0.25, 0.3) is 6.08 Å². The molecular formula is C26H35N5O2S. The number of rotatable bonds is 4. The van der Waals surface area contributed by atoms with Crippen LogP contribution in [0.1, 0.15) is 36.8 Å². The molecule has 0 spiro atoms. The minimum Gasteiger partial charge on any atom is -0.345 e. The van der Waals surface area contributed by atoms with Gasteiger partial charge in [0.1, 0.15) is 0 Å². The molecule has 0 aliphatic carbocycles. The molecule has 3 amide bonds. The van der Waals surface area contributed by atoms with Crippen LogP contribution in [0.4, 0.5) is 4.79 Å². The third kappa shape index (κ3) is 4.35. The Morgan fingerprint density at radius 2 is 2.03 bits per heavy atom. The average Bonchev–Trinajstić information content (AvgIpc) is 3.34. The zero-order valence-electron chi connectivity index (χ0n) is 20.5. The van der Waals surface area contributed by atoms with Crippen molar-refractivity contribution < 1.29 is 9.59 Å². The number of carbonyl (C=O) groups excluding carboxylic acids is 2. The first-order valence-electron chi connectivity index (χ1n) is 11.8. The maximum atomic E-state index is 13.6. The number of nitrogens with zero attached hydrogens (tertiary/aromatic N) is 3. The van der Waals surface area contributed by atoms with Gasteiger partial charge in [0.2, 0.25) is 5.91 Å². The monoisotopic (exact) mass is 481 g/mol. The fraction of sp³-hybridized carbons (Fsp3) is 0.500. The molecule has 3 aliphatic heterocycles. The van der Waals surface area contributed by atoms with E-state index in [1.54, 1.807) is 37.8 Å². The molecule has 4 rings (SSSR count). The normalized spacial score (nSPS) is 27.9. The van der Waals surface area contributed by atoms with Gasteiger partial charge >= 0.3 is 6.03 Å². The highest BCUT2D eigenvalue weighted by Crippen LogP contribution is 2.48. The number of likely N-dealkylation sites (tertiary alicyclic amines) is 1. The molecule has 1 aromatic rings. The average molecular weight is 482 g/mol. The minimum absolute atomic E-state index is 0.0118. The van der Waals surface area contributed by atoms with Crippen molar-refractivity contribution in [3.8, 4) is 0 Å². The molecule has 8 heteroatoms. The number of hydrogen-bond acceptors (Lipinski definition) is 4. The van der Waals surface area contributed by atoms with Crippen molar-refractivity contribution >= 4 is 35.7 Å². The van der Waals surface area contributed by atoms with Crippen molar-refractivity contribution in [2.75, 3.05) is 40.0 Å². The molecule has 2 N–H and O–H groups in total. The summed E-state index contributed by atoms with van der Waals surface area (Å²) in [6, 6.07) is 8.44. The van der Waals surface area contributed by atoms with E-state index in [1.165, 1.54) is 10.5 Å². The Bertz CT molecular complexity index is 1030. The van der Waals surface area contributed by atoms with Crippen molar-refractivity contribution in [1.29, 1.82) is 5.41 Å². The Morgan fingerprint density at radius 3 is 2.68 bits per heavy atom. The Balaban J connectivity index is 1.61. The molecule has 0 aromatic heterocycles. The highest BCUT2D eigenvalue weighted by atomic mass is 32.2. The van der Waals surface area contributed by atoms with Gasteiger partial charge in [-0.05, 0) is 36.8 Å². The van der Waals surface area contributed by atoms with Gasteiger partial charge in [0.15, 0.2) is 5.96 Å². The number of thioether (sulfide) groups is 1. The number of guanidine groups is 1. The number of carbonyl (C=O) groups is 2. The van der Waals surface area contributed by atoms with Crippen molar-refractivity contribution in [3.63, 3.8) is 0 Å². The lowest BCUT2D eigenvalue weighted by molar-refractivity contribution is -0.137. The SMILES string of the molecule is C=Cc1cccc(C2C=C([C@@]3(C)NC(=N)N(C)C(=O)[C@@H]3C3CCN(C(=O)N(C)C)CC3)SC2)c1. The van der Waals surface area contributed by atoms with Gasteiger partial charge in [-0.15, -0.1) is 11.8 Å². The molecule has 3 atom stereocenters. The Kier molecular flexibility index (Phi) is 6.80. The largest absolute Gasteiger partial charge is 0.345 e. The second-order valence-corrected chi connectivity index (χ2v) is 10.9. The summed E-state index contributed by atoms with van der Waals surface area (Å²) in [5, 5.41) is 11.8. The molecule has 1 aromatic carbocycles. The van der Waals surface area contributed by atoms with Gasteiger partial charge in [-0.2, -0.15) is 0 Å². The topological polar surface area (TPSA) is 79.7 Å². The van der Waals surface area contributed by atoms with E-state index < -0.39 is 5.54 Å². The van der Waals surface area contributed by atoms with Crippen LogP contribution in [-0.2, 0) is 4.79 Å². The van der Waals surface area contributed by atoms with E-state index >= 15 is 0 Å². The highest BCUT2D eigenvalue weighted by Gasteiger charge is 2.53. The van der Waals surface area contributed by atoms with Crippen LogP contribution in [0, 0.1) is 17.2 Å². The van der Waals surface area contributed by atoms with Crippen LogP contribution >= 0.6 is 11.8 Å². The summed E-state index contributed by atoms with van der Waals surface area (Å²) >= 11 is 1.78. The first-order chi connectivity index (χ1) is 16.2. The number of urea groups is 1. The van der Waals surface area contributed by atoms with Crippen LogP contribution in [-0.4, -0.2) is 78.1 Å². The van der Waals surface area contributed by atoms with E-state index in [0.29, 0.717) is 13.1 Å².